The molecule has 0 saturated carbocycles. The first-order chi connectivity index (χ1) is 11.8. The maximum absolute atomic E-state index is 12.5. The Morgan fingerprint density at radius 3 is 2.38 bits per heavy atom. The van der Waals surface area contributed by atoms with Crippen LogP contribution in [0.4, 0.5) is 0 Å². The van der Waals surface area contributed by atoms with E-state index in [1.807, 2.05) is 36.4 Å². The Morgan fingerprint density at radius 1 is 0.833 bits per heavy atom. The monoisotopic (exact) mass is 314 g/mol. The van der Waals surface area contributed by atoms with Gasteiger partial charge < -0.3 is 0 Å². The molecule has 24 heavy (non-hydrogen) atoms. The maximum atomic E-state index is 12.5. The van der Waals surface area contributed by atoms with Gasteiger partial charge in [-0.2, -0.15) is 0 Å². The van der Waals surface area contributed by atoms with E-state index in [1.165, 1.54) is 0 Å². The molecular formula is C19H14N4O. The fraction of sp³-hybridized carbons (Fsp3) is 0.0526. The molecule has 1 aromatic carbocycles. The summed E-state index contributed by atoms with van der Waals surface area (Å²) in [6, 6.07) is 15.6. The standard InChI is InChI=1S/C19H14N4O/c24-19-18-17(2-1-9-21-18)22-13-23(19)12-14-3-5-15(6-4-14)16-7-10-20-11-8-16/h1-11,13H,12H2. The van der Waals surface area contributed by atoms with Gasteiger partial charge in [-0.05, 0) is 41.0 Å². The highest BCUT2D eigenvalue weighted by Gasteiger charge is 2.05. The molecule has 4 aromatic rings. The highest BCUT2D eigenvalue weighted by molar-refractivity contribution is 5.72. The largest absolute Gasteiger partial charge is 0.293 e. The lowest BCUT2D eigenvalue weighted by atomic mass is 10.1. The average molecular weight is 314 g/mol. The van der Waals surface area contributed by atoms with Gasteiger partial charge in [0.25, 0.3) is 5.56 Å². The van der Waals surface area contributed by atoms with Crippen LogP contribution in [0.15, 0.2) is 78.2 Å². The van der Waals surface area contributed by atoms with E-state index in [1.54, 1.807) is 41.6 Å². The first-order valence-corrected chi connectivity index (χ1v) is 7.61. The predicted octanol–water partition coefficient (Wildman–Crippen LogP) is 2.90. The summed E-state index contributed by atoms with van der Waals surface area (Å²) in [6.07, 6.45) is 6.73. The summed E-state index contributed by atoms with van der Waals surface area (Å²) in [5.41, 5.74) is 4.16. The lowest BCUT2D eigenvalue weighted by Gasteiger charge is -2.07. The number of nitrogens with zero attached hydrogens (tertiary/aromatic N) is 4. The number of rotatable bonds is 3. The minimum atomic E-state index is -0.126. The second-order valence-electron chi connectivity index (χ2n) is 5.48. The summed E-state index contributed by atoms with van der Waals surface area (Å²) < 4.78 is 1.58. The van der Waals surface area contributed by atoms with Crippen molar-refractivity contribution in [3.63, 3.8) is 0 Å². The molecule has 0 N–H and O–H groups in total. The third kappa shape index (κ3) is 2.67. The van der Waals surface area contributed by atoms with Gasteiger partial charge >= 0.3 is 0 Å². The zero-order valence-electron chi connectivity index (χ0n) is 12.8. The Morgan fingerprint density at radius 2 is 1.58 bits per heavy atom. The third-order valence-electron chi connectivity index (χ3n) is 3.91. The molecule has 3 aromatic heterocycles. The molecule has 0 aliphatic carbocycles. The van der Waals surface area contributed by atoms with Crippen molar-refractivity contribution in [3.05, 3.63) is 89.4 Å². The molecule has 0 saturated heterocycles. The van der Waals surface area contributed by atoms with Crippen molar-refractivity contribution in [1.29, 1.82) is 0 Å². The van der Waals surface area contributed by atoms with Gasteiger partial charge in [0.1, 0.15) is 0 Å². The van der Waals surface area contributed by atoms with Crippen LogP contribution in [0, 0.1) is 0 Å². The van der Waals surface area contributed by atoms with Gasteiger partial charge in [0.15, 0.2) is 5.52 Å². The fourth-order valence-corrected chi connectivity index (χ4v) is 2.64. The van der Waals surface area contributed by atoms with E-state index in [2.05, 4.69) is 15.0 Å². The smallest absolute Gasteiger partial charge is 0.280 e. The van der Waals surface area contributed by atoms with Crippen LogP contribution in [0.1, 0.15) is 5.56 Å². The van der Waals surface area contributed by atoms with Crippen LogP contribution in [-0.2, 0) is 6.54 Å². The Balaban J connectivity index is 1.64. The number of pyridine rings is 2. The molecule has 0 unspecified atom stereocenters. The zero-order chi connectivity index (χ0) is 16.4. The van der Waals surface area contributed by atoms with Crippen LogP contribution in [0.5, 0.6) is 0 Å². The minimum absolute atomic E-state index is 0.126. The van der Waals surface area contributed by atoms with Crippen LogP contribution < -0.4 is 5.56 Å². The number of benzene rings is 1. The maximum Gasteiger partial charge on any atom is 0.280 e. The minimum Gasteiger partial charge on any atom is -0.293 e. The average Bonchev–Trinajstić information content (AvgIpc) is 2.66. The topological polar surface area (TPSA) is 60.7 Å². The van der Waals surface area contributed by atoms with Crippen molar-refractivity contribution < 1.29 is 0 Å². The van der Waals surface area contributed by atoms with E-state index in [9.17, 15) is 4.79 Å². The molecular weight excluding hydrogens is 300 g/mol. The highest BCUT2D eigenvalue weighted by Crippen LogP contribution is 2.18. The predicted molar refractivity (Wildman–Crippen MR) is 92.6 cm³/mol. The van der Waals surface area contributed by atoms with Crippen LogP contribution in [0.2, 0.25) is 0 Å². The van der Waals surface area contributed by atoms with Crippen molar-refractivity contribution in [2.24, 2.45) is 0 Å². The lowest BCUT2D eigenvalue weighted by Crippen LogP contribution is -2.21. The molecule has 5 heteroatoms. The first-order valence-electron chi connectivity index (χ1n) is 7.61. The van der Waals surface area contributed by atoms with Crippen LogP contribution >= 0.6 is 0 Å². The van der Waals surface area contributed by atoms with E-state index in [4.69, 9.17) is 0 Å². The molecule has 0 amide bonds. The Kier molecular flexibility index (Phi) is 3.59. The number of hydrogen-bond donors (Lipinski definition) is 0. The molecule has 0 atom stereocenters. The van der Waals surface area contributed by atoms with Gasteiger partial charge in [0, 0.05) is 18.6 Å². The van der Waals surface area contributed by atoms with Crippen molar-refractivity contribution in [3.8, 4) is 11.1 Å². The first kappa shape index (κ1) is 14.3. The molecule has 0 radical (unpaired) electrons. The van der Waals surface area contributed by atoms with Crippen molar-refractivity contribution >= 4 is 11.0 Å². The molecule has 116 valence electrons. The second kappa shape index (κ2) is 6.04. The molecule has 3 heterocycles. The van der Waals surface area contributed by atoms with Crippen molar-refractivity contribution in [2.75, 3.05) is 0 Å². The van der Waals surface area contributed by atoms with Gasteiger partial charge in [0.05, 0.1) is 18.4 Å². The summed E-state index contributed by atoms with van der Waals surface area (Å²) in [4.78, 5) is 24.9. The molecule has 0 bridgehead atoms. The second-order valence-corrected chi connectivity index (χ2v) is 5.48. The van der Waals surface area contributed by atoms with E-state index >= 15 is 0 Å². The molecule has 5 nitrogen and oxygen atoms in total. The Labute approximate surface area is 138 Å². The van der Waals surface area contributed by atoms with E-state index < -0.39 is 0 Å². The quantitative estimate of drug-likeness (QED) is 0.583. The molecule has 0 aliphatic rings. The lowest BCUT2D eigenvalue weighted by molar-refractivity contribution is 0.746. The van der Waals surface area contributed by atoms with Crippen LogP contribution in [0.25, 0.3) is 22.2 Å². The normalized spacial score (nSPS) is 10.8. The van der Waals surface area contributed by atoms with Crippen molar-refractivity contribution in [2.45, 2.75) is 6.54 Å². The zero-order valence-corrected chi connectivity index (χ0v) is 12.8. The summed E-state index contributed by atoms with van der Waals surface area (Å²) in [5.74, 6) is 0. The summed E-state index contributed by atoms with van der Waals surface area (Å²) in [6.45, 7) is 0.467. The number of aromatic nitrogens is 4. The SMILES string of the molecule is O=c1c2ncccc2ncn1Cc1ccc(-c2ccncc2)cc1. The molecule has 0 spiro atoms. The Bertz CT molecular complexity index is 1040. The fourth-order valence-electron chi connectivity index (χ4n) is 2.64. The van der Waals surface area contributed by atoms with Gasteiger partial charge in [-0.15, -0.1) is 0 Å². The molecule has 0 fully saturated rings. The van der Waals surface area contributed by atoms with E-state index in [0.717, 1.165) is 16.7 Å². The van der Waals surface area contributed by atoms with E-state index in [0.29, 0.717) is 17.6 Å². The molecule has 4 rings (SSSR count). The van der Waals surface area contributed by atoms with Crippen molar-refractivity contribution in [1.82, 2.24) is 19.5 Å². The van der Waals surface area contributed by atoms with E-state index in [-0.39, 0.29) is 5.56 Å². The van der Waals surface area contributed by atoms with Gasteiger partial charge in [0.2, 0.25) is 0 Å². The van der Waals surface area contributed by atoms with Gasteiger partial charge in [-0.3, -0.25) is 14.3 Å². The number of fused-ring (bicyclic) bond motifs is 1. The third-order valence-corrected chi connectivity index (χ3v) is 3.91. The summed E-state index contributed by atoms with van der Waals surface area (Å²) >= 11 is 0. The summed E-state index contributed by atoms with van der Waals surface area (Å²) in [7, 11) is 0. The Hall–Kier alpha value is -3.34. The number of hydrogen-bond acceptors (Lipinski definition) is 4. The van der Waals surface area contributed by atoms with Gasteiger partial charge in [-0.1, -0.05) is 24.3 Å². The summed E-state index contributed by atoms with van der Waals surface area (Å²) in [5, 5.41) is 0. The van der Waals surface area contributed by atoms with Crippen LogP contribution in [-0.4, -0.2) is 19.5 Å². The highest BCUT2D eigenvalue weighted by atomic mass is 16.1. The van der Waals surface area contributed by atoms with Gasteiger partial charge in [-0.25, -0.2) is 9.97 Å². The van der Waals surface area contributed by atoms with Crippen LogP contribution in [0.3, 0.4) is 0 Å². The molecule has 0 aliphatic heterocycles.